The Bertz CT molecular complexity index is 912. The normalized spacial score (nSPS) is 17.9. The van der Waals surface area contributed by atoms with Crippen molar-refractivity contribution >= 4 is 0 Å². The van der Waals surface area contributed by atoms with Crippen molar-refractivity contribution in [3.05, 3.63) is 77.0 Å². The summed E-state index contributed by atoms with van der Waals surface area (Å²) in [6, 6.07) is 10.9. The van der Waals surface area contributed by atoms with E-state index in [0.717, 1.165) is 61.2 Å². The minimum Gasteiger partial charge on any atom is -0.465 e. The third-order valence-electron chi connectivity index (χ3n) is 5.64. The smallest absolute Gasteiger partial charge is 0.123 e. The largest absolute Gasteiger partial charge is 0.465 e. The molecule has 0 amide bonds. The fourth-order valence-electron chi connectivity index (χ4n) is 4.17. The number of aromatic nitrogens is 2. The first-order valence-corrected chi connectivity index (χ1v) is 10.1. The van der Waals surface area contributed by atoms with Gasteiger partial charge in [-0.2, -0.15) is 0 Å². The van der Waals surface area contributed by atoms with E-state index in [-0.39, 0.29) is 5.82 Å². The van der Waals surface area contributed by atoms with Crippen molar-refractivity contribution in [1.29, 1.82) is 0 Å². The summed E-state index contributed by atoms with van der Waals surface area (Å²) in [5.74, 6) is 3.55. The first-order chi connectivity index (χ1) is 13.6. The van der Waals surface area contributed by atoms with Crippen LogP contribution in [0.5, 0.6) is 0 Å². The summed E-state index contributed by atoms with van der Waals surface area (Å²) >= 11 is 0. The molecule has 1 aliphatic heterocycles. The molecule has 0 N–H and O–H groups in total. The van der Waals surface area contributed by atoms with Crippen molar-refractivity contribution in [1.82, 2.24) is 14.5 Å². The number of halogens is 1. The van der Waals surface area contributed by atoms with Crippen LogP contribution in [0, 0.1) is 25.6 Å². The number of hydrogen-bond acceptors (Lipinski definition) is 3. The molecule has 0 radical (unpaired) electrons. The fraction of sp³-hybridized carbons (Fsp3) is 0.435. The van der Waals surface area contributed by atoms with Gasteiger partial charge in [-0.1, -0.05) is 12.1 Å². The topological polar surface area (TPSA) is 34.2 Å². The fourth-order valence-corrected chi connectivity index (χ4v) is 4.17. The number of imidazole rings is 1. The Morgan fingerprint density at radius 2 is 1.93 bits per heavy atom. The molecule has 1 fully saturated rings. The maximum Gasteiger partial charge on any atom is 0.123 e. The second kappa shape index (κ2) is 8.31. The van der Waals surface area contributed by atoms with E-state index < -0.39 is 0 Å². The van der Waals surface area contributed by atoms with Crippen LogP contribution in [-0.2, 0) is 19.5 Å². The van der Waals surface area contributed by atoms with E-state index in [0.29, 0.717) is 5.92 Å². The average molecular weight is 381 g/mol. The van der Waals surface area contributed by atoms with Crippen LogP contribution in [0.2, 0.25) is 0 Å². The summed E-state index contributed by atoms with van der Waals surface area (Å²) in [6.07, 6.45) is 5.37. The van der Waals surface area contributed by atoms with E-state index in [1.807, 2.05) is 31.3 Å². The predicted octanol–water partition coefficient (Wildman–Crippen LogP) is 4.74. The lowest BCUT2D eigenvalue weighted by Crippen LogP contribution is -2.36. The van der Waals surface area contributed by atoms with Gasteiger partial charge in [-0.3, -0.25) is 4.90 Å². The van der Waals surface area contributed by atoms with Gasteiger partial charge < -0.3 is 8.98 Å². The van der Waals surface area contributed by atoms with Gasteiger partial charge in [0.15, 0.2) is 0 Å². The zero-order valence-corrected chi connectivity index (χ0v) is 16.7. The molecule has 0 spiro atoms. The molecular formula is C23H28FN3O. The molecule has 1 unspecified atom stereocenters. The molecule has 5 heteroatoms. The van der Waals surface area contributed by atoms with Gasteiger partial charge in [0.05, 0.1) is 6.54 Å². The lowest BCUT2D eigenvalue weighted by molar-refractivity contribution is 0.154. The van der Waals surface area contributed by atoms with Crippen molar-refractivity contribution in [3.8, 4) is 0 Å². The number of hydrogen-bond donors (Lipinski definition) is 0. The van der Waals surface area contributed by atoms with Crippen LogP contribution < -0.4 is 0 Å². The number of benzene rings is 1. The molecule has 1 saturated heterocycles. The number of piperidine rings is 1. The summed E-state index contributed by atoms with van der Waals surface area (Å²) in [4.78, 5) is 7.18. The van der Waals surface area contributed by atoms with Crippen molar-refractivity contribution in [2.75, 3.05) is 13.1 Å². The Morgan fingerprint density at radius 3 is 2.68 bits per heavy atom. The summed E-state index contributed by atoms with van der Waals surface area (Å²) in [5.41, 5.74) is 2.25. The molecule has 4 nitrogen and oxygen atoms in total. The van der Waals surface area contributed by atoms with Gasteiger partial charge in [-0.05, 0) is 69.0 Å². The highest BCUT2D eigenvalue weighted by Crippen LogP contribution is 2.23. The van der Waals surface area contributed by atoms with E-state index >= 15 is 0 Å². The average Bonchev–Trinajstić information content (AvgIpc) is 3.24. The van der Waals surface area contributed by atoms with E-state index in [9.17, 15) is 4.39 Å². The molecule has 0 aliphatic carbocycles. The Labute approximate surface area is 166 Å². The standard InChI is InChI=1S/C23H28FN3O/c1-17-13-25-23(27(17)15-19-6-8-21(24)9-7-19)12-20-4-3-11-26(14-20)16-22-10-5-18(2)28-22/h5-10,13,20H,3-4,11-12,14-16H2,1-2H3. The quantitative estimate of drug-likeness (QED) is 0.619. The van der Waals surface area contributed by atoms with Crippen molar-refractivity contribution in [3.63, 3.8) is 0 Å². The van der Waals surface area contributed by atoms with E-state index in [1.165, 1.54) is 25.0 Å². The highest BCUT2D eigenvalue weighted by Gasteiger charge is 2.23. The zero-order valence-electron chi connectivity index (χ0n) is 16.7. The molecule has 148 valence electrons. The number of furan rings is 1. The molecule has 0 bridgehead atoms. The van der Waals surface area contributed by atoms with Gasteiger partial charge >= 0.3 is 0 Å². The molecule has 3 aromatic rings. The molecule has 28 heavy (non-hydrogen) atoms. The number of nitrogens with zero attached hydrogens (tertiary/aromatic N) is 3. The number of aryl methyl sites for hydroxylation is 2. The Hall–Kier alpha value is -2.40. The third-order valence-corrected chi connectivity index (χ3v) is 5.64. The van der Waals surface area contributed by atoms with Gasteiger partial charge in [0.2, 0.25) is 0 Å². The second-order valence-electron chi connectivity index (χ2n) is 7.99. The maximum absolute atomic E-state index is 13.2. The second-order valence-corrected chi connectivity index (χ2v) is 7.99. The van der Waals surface area contributed by atoms with Crippen LogP contribution >= 0.6 is 0 Å². The van der Waals surface area contributed by atoms with Gasteiger partial charge in [-0.15, -0.1) is 0 Å². The van der Waals surface area contributed by atoms with Crippen LogP contribution in [0.1, 0.15) is 41.4 Å². The van der Waals surface area contributed by atoms with Crippen LogP contribution in [0.3, 0.4) is 0 Å². The highest BCUT2D eigenvalue weighted by atomic mass is 19.1. The van der Waals surface area contributed by atoms with E-state index in [1.54, 1.807) is 0 Å². The Kier molecular flexibility index (Phi) is 5.62. The van der Waals surface area contributed by atoms with Gasteiger partial charge in [0.25, 0.3) is 0 Å². The Balaban J connectivity index is 1.41. The SMILES string of the molecule is Cc1ccc(CN2CCCC(Cc3ncc(C)n3Cc3ccc(F)cc3)C2)o1. The molecule has 3 heterocycles. The minimum absolute atomic E-state index is 0.194. The highest BCUT2D eigenvalue weighted by molar-refractivity contribution is 5.18. The molecule has 1 atom stereocenters. The van der Waals surface area contributed by atoms with Crippen LogP contribution in [0.4, 0.5) is 4.39 Å². The van der Waals surface area contributed by atoms with Gasteiger partial charge in [0.1, 0.15) is 23.2 Å². The third kappa shape index (κ3) is 4.53. The van der Waals surface area contributed by atoms with Gasteiger partial charge in [0, 0.05) is 31.4 Å². The molecule has 2 aromatic heterocycles. The number of rotatable bonds is 6. The Morgan fingerprint density at radius 1 is 1.11 bits per heavy atom. The molecule has 1 aromatic carbocycles. The maximum atomic E-state index is 13.2. The minimum atomic E-state index is -0.194. The lowest BCUT2D eigenvalue weighted by Gasteiger charge is -2.32. The lowest BCUT2D eigenvalue weighted by atomic mass is 9.94. The summed E-state index contributed by atoms with van der Waals surface area (Å²) in [6.45, 7) is 7.90. The summed E-state index contributed by atoms with van der Waals surface area (Å²) in [7, 11) is 0. The predicted molar refractivity (Wildman–Crippen MR) is 108 cm³/mol. The van der Waals surface area contributed by atoms with Crippen LogP contribution in [0.25, 0.3) is 0 Å². The van der Waals surface area contributed by atoms with E-state index in [4.69, 9.17) is 4.42 Å². The summed E-state index contributed by atoms with van der Waals surface area (Å²) < 4.78 is 21.2. The first-order valence-electron chi connectivity index (χ1n) is 10.1. The van der Waals surface area contributed by atoms with Gasteiger partial charge in [-0.25, -0.2) is 9.37 Å². The summed E-state index contributed by atoms with van der Waals surface area (Å²) in [5, 5.41) is 0. The van der Waals surface area contributed by atoms with Crippen molar-refractivity contribution < 1.29 is 8.81 Å². The molecule has 0 saturated carbocycles. The van der Waals surface area contributed by atoms with Crippen LogP contribution in [-0.4, -0.2) is 27.5 Å². The van der Waals surface area contributed by atoms with Crippen molar-refractivity contribution in [2.24, 2.45) is 5.92 Å². The monoisotopic (exact) mass is 381 g/mol. The number of likely N-dealkylation sites (tertiary alicyclic amines) is 1. The zero-order chi connectivity index (χ0) is 19.5. The van der Waals surface area contributed by atoms with Crippen molar-refractivity contribution in [2.45, 2.75) is 46.2 Å². The molecule has 1 aliphatic rings. The first kappa shape index (κ1) is 18.9. The van der Waals surface area contributed by atoms with E-state index in [2.05, 4.69) is 27.4 Å². The molecular weight excluding hydrogens is 353 g/mol. The molecule has 4 rings (SSSR count). The van der Waals surface area contributed by atoms with Crippen LogP contribution in [0.15, 0.2) is 47.0 Å².